The van der Waals surface area contributed by atoms with E-state index in [0.29, 0.717) is 11.3 Å². The lowest BCUT2D eigenvalue weighted by atomic mass is 10.0. The number of anilines is 1. The second-order valence-electron chi connectivity index (χ2n) is 4.93. The van der Waals surface area contributed by atoms with Gasteiger partial charge in [-0.05, 0) is 30.2 Å². The summed E-state index contributed by atoms with van der Waals surface area (Å²) in [7, 11) is 0. The number of benzene rings is 2. The van der Waals surface area contributed by atoms with Crippen molar-refractivity contribution in [3.63, 3.8) is 0 Å². The van der Waals surface area contributed by atoms with E-state index in [1.54, 1.807) is 24.3 Å². The van der Waals surface area contributed by atoms with Crippen LogP contribution in [-0.2, 0) is 0 Å². The van der Waals surface area contributed by atoms with Crippen molar-refractivity contribution in [1.29, 1.82) is 0 Å². The minimum Gasteiger partial charge on any atom is -0.331 e. The predicted octanol–water partition coefficient (Wildman–Crippen LogP) is 4.32. The van der Waals surface area contributed by atoms with Crippen LogP contribution in [0.2, 0.25) is 0 Å². The molecular formula is C16H14F2N2OS. The molecule has 3 nitrogen and oxygen atoms in total. The van der Waals surface area contributed by atoms with Gasteiger partial charge >= 0.3 is 6.03 Å². The van der Waals surface area contributed by atoms with E-state index in [4.69, 9.17) is 0 Å². The van der Waals surface area contributed by atoms with Gasteiger partial charge in [0.2, 0.25) is 0 Å². The standard InChI is InChI=1S/C16H14F2N2OS/c17-11-5-1-2-7-14(11)20-16(21)19-13-8-9-22-15-10(13)4-3-6-12(15)18/h1-7,13H,8-9H2,(H2,19,20,21)/t13-/m0/s1. The van der Waals surface area contributed by atoms with Crippen LogP contribution >= 0.6 is 11.8 Å². The van der Waals surface area contributed by atoms with Gasteiger partial charge in [-0.3, -0.25) is 0 Å². The third kappa shape index (κ3) is 3.06. The summed E-state index contributed by atoms with van der Waals surface area (Å²) in [6, 6.07) is 10.0. The first-order chi connectivity index (χ1) is 10.6. The first-order valence-corrected chi connectivity index (χ1v) is 7.87. The van der Waals surface area contributed by atoms with E-state index in [9.17, 15) is 13.6 Å². The van der Waals surface area contributed by atoms with Crippen LogP contribution in [0.4, 0.5) is 19.3 Å². The highest BCUT2D eigenvalue weighted by molar-refractivity contribution is 7.99. The van der Waals surface area contributed by atoms with Gasteiger partial charge in [0.15, 0.2) is 0 Å². The molecule has 1 aliphatic rings. The van der Waals surface area contributed by atoms with Crippen LogP contribution in [0.25, 0.3) is 0 Å². The number of carbonyl (C=O) groups is 1. The Hall–Kier alpha value is -2.08. The molecule has 0 unspecified atom stereocenters. The molecule has 22 heavy (non-hydrogen) atoms. The molecule has 2 N–H and O–H groups in total. The molecule has 0 aromatic heterocycles. The van der Waals surface area contributed by atoms with E-state index in [2.05, 4.69) is 10.6 Å². The fraction of sp³-hybridized carbons (Fsp3) is 0.188. The van der Waals surface area contributed by atoms with Crippen molar-refractivity contribution in [2.24, 2.45) is 0 Å². The summed E-state index contributed by atoms with van der Waals surface area (Å²) in [5.41, 5.74) is 0.879. The average molecular weight is 320 g/mol. The largest absolute Gasteiger partial charge is 0.331 e. The Morgan fingerprint density at radius 3 is 2.68 bits per heavy atom. The maximum absolute atomic E-state index is 13.8. The van der Waals surface area contributed by atoms with Gasteiger partial charge in [-0.2, -0.15) is 0 Å². The van der Waals surface area contributed by atoms with Crippen molar-refractivity contribution < 1.29 is 13.6 Å². The number of nitrogens with one attached hydrogen (secondary N) is 2. The Bertz CT molecular complexity index is 708. The van der Waals surface area contributed by atoms with Crippen LogP contribution < -0.4 is 10.6 Å². The van der Waals surface area contributed by atoms with Gasteiger partial charge < -0.3 is 10.6 Å². The summed E-state index contributed by atoms with van der Waals surface area (Å²) in [4.78, 5) is 12.6. The maximum atomic E-state index is 13.8. The van der Waals surface area contributed by atoms with Crippen LogP contribution in [-0.4, -0.2) is 11.8 Å². The van der Waals surface area contributed by atoms with Crippen molar-refractivity contribution in [1.82, 2.24) is 5.32 Å². The van der Waals surface area contributed by atoms with E-state index >= 15 is 0 Å². The molecule has 6 heteroatoms. The van der Waals surface area contributed by atoms with Gasteiger partial charge in [-0.25, -0.2) is 13.6 Å². The quantitative estimate of drug-likeness (QED) is 0.865. The number of rotatable bonds is 2. The lowest BCUT2D eigenvalue weighted by Gasteiger charge is -2.26. The second kappa shape index (κ2) is 6.36. The van der Waals surface area contributed by atoms with Gasteiger partial charge in [0.05, 0.1) is 11.7 Å². The average Bonchev–Trinajstić information content (AvgIpc) is 2.51. The van der Waals surface area contributed by atoms with Gasteiger partial charge in [-0.1, -0.05) is 24.3 Å². The lowest BCUT2D eigenvalue weighted by molar-refractivity contribution is 0.248. The van der Waals surface area contributed by atoms with E-state index in [0.717, 1.165) is 11.3 Å². The van der Waals surface area contributed by atoms with Gasteiger partial charge in [0.1, 0.15) is 11.6 Å². The smallest absolute Gasteiger partial charge is 0.319 e. The molecule has 1 atom stereocenters. The number of para-hydroxylation sites is 1. The number of thioether (sulfide) groups is 1. The van der Waals surface area contributed by atoms with Gasteiger partial charge in [0, 0.05) is 10.6 Å². The number of halogens is 2. The molecule has 0 spiro atoms. The second-order valence-corrected chi connectivity index (χ2v) is 6.03. The van der Waals surface area contributed by atoms with Crippen molar-refractivity contribution in [2.45, 2.75) is 17.4 Å². The van der Waals surface area contributed by atoms with E-state index in [1.807, 2.05) is 0 Å². The molecule has 3 rings (SSSR count). The van der Waals surface area contributed by atoms with Crippen LogP contribution in [0.5, 0.6) is 0 Å². The summed E-state index contributed by atoms with van der Waals surface area (Å²) in [5.74, 6) is -0.0507. The number of amides is 2. The van der Waals surface area contributed by atoms with Crippen LogP contribution in [0.3, 0.4) is 0 Å². The molecule has 0 aliphatic carbocycles. The monoisotopic (exact) mass is 320 g/mol. The van der Waals surface area contributed by atoms with E-state index < -0.39 is 11.8 Å². The molecule has 2 aromatic carbocycles. The summed E-state index contributed by atoms with van der Waals surface area (Å²) >= 11 is 1.45. The van der Waals surface area contributed by atoms with Crippen molar-refractivity contribution in [3.05, 3.63) is 59.7 Å². The molecule has 2 aromatic rings. The Morgan fingerprint density at radius 2 is 1.86 bits per heavy atom. The molecule has 0 saturated heterocycles. The SMILES string of the molecule is O=C(Nc1ccccc1F)N[C@H]1CCSc2c(F)cccc21. The topological polar surface area (TPSA) is 41.1 Å². The number of hydrogen-bond donors (Lipinski definition) is 2. The Balaban J connectivity index is 1.74. The van der Waals surface area contributed by atoms with Crippen LogP contribution in [0.15, 0.2) is 47.4 Å². The van der Waals surface area contributed by atoms with Crippen molar-refractivity contribution >= 4 is 23.5 Å². The summed E-state index contributed by atoms with van der Waals surface area (Å²) in [6.45, 7) is 0. The number of carbonyl (C=O) groups excluding carboxylic acids is 1. The van der Waals surface area contributed by atoms with E-state index in [1.165, 1.54) is 30.0 Å². The molecule has 1 aliphatic heterocycles. The third-order valence-corrected chi connectivity index (χ3v) is 4.61. The zero-order valence-corrected chi connectivity index (χ0v) is 12.4. The minimum absolute atomic E-state index is 0.115. The van der Waals surface area contributed by atoms with Crippen LogP contribution in [0.1, 0.15) is 18.0 Å². The number of fused-ring (bicyclic) bond motifs is 1. The summed E-state index contributed by atoms with van der Waals surface area (Å²) in [5, 5.41) is 5.26. The molecule has 0 fully saturated rings. The summed E-state index contributed by atoms with van der Waals surface area (Å²) < 4.78 is 27.3. The Labute approximate surface area is 131 Å². The number of urea groups is 1. The molecule has 0 bridgehead atoms. The lowest BCUT2D eigenvalue weighted by Crippen LogP contribution is -2.34. The Morgan fingerprint density at radius 1 is 1.09 bits per heavy atom. The predicted molar refractivity (Wildman–Crippen MR) is 83.0 cm³/mol. The molecule has 2 amide bonds. The number of hydrogen-bond acceptors (Lipinski definition) is 2. The highest BCUT2D eigenvalue weighted by atomic mass is 32.2. The van der Waals surface area contributed by atoms with E-state index in [-0.39, 0.29) is 17.5 Å². The molecule has 0 radical (unpaired) electrons. The normalized spacial score (nSPS) is 16.7. The highest BCUT2D eigenvalue weighted by Gasteiger charge is 2.24. The maximum Gasteiger partial charge on any atom is 0.319 e. The highest BCUT2D eigenvalue weighted by Crippen LogP contribution is 2.37. The Kier molecular flexibility index (Phi) is 4.29. The van der Waals surface area contributed by atoms with Crippen molar-refractivity contribution in [2.75, 3.05) is 11.1 Å². The molecular weight excluding hydrogens is 306 g/mol. The first kappa shape index (κ1) is 14.8. The third-order valence-electron chi connectivity index (χ3n) is 3.45. The molecule has 1 heterocycles. The zero-order valence-electron chi connectivity index (χ0n) is 11.6. The van der Waals surface area contributed by atoms with Crippen LogP contribution in [0, 0.1) is 11.6 Å². The summed E-state index contributed by atoms with van der Waals surface area (Å²) in [6.07, 6.45) is 0.700. The fourth-order valence-corrected chi connectivity index (χ4v) is 3.56. The van der Waals surface area contributed by atoms with Gasteiger partial charge in [-0.15, -0.1) is 11.8 Å². The first-order valence-electron chi connectivity index (χ1n) is 6.88. The van der Waals surface area contributed by atoms with Gasteiger partial charge in [0.25, 0.3) is 0 Å². The zero-order chi connectivity index (χ0) is 15.5. The fourth-order valence-electron chi connectivity index (χ4n) is 2.42. The minimum atomic E-state index is -0.503. The molecule has 0 saturated carbocycles. The molecule has 114 valence electrons. The van der Waals surface area contributed by atoms with Crippen molar-refractivity contribution in [3.8, 4) is 0 Å².